The quantitative estimate of drug-likeness (QED) is 0.680. The lowest BCUT2D eigenvalue weighted by Gasteiger charge is -2.39. The van der Waals surface area contributed by atoms with Crippen LogP contribution in [0.2, 0.25) is 0 Å². The molecule has 5 nitrogen and oxygen atoms in total. The van der Waals surface area contributed by atoms with Gasteiger partial charge in [0, 0.05) is 19.6 Å². The monoisotopic (exact) mass is 208 g/mol. The van der Waals surface area contributed by atoms with Gasteiger partial charge >= 0.3 is 0 Å². The number of nitrogens with zero attached hydrogens (tertiary/aromatic N) is 4. The van der Waals surface area contributed by atoms with Crippen molar-refractivity contribution in [1.29, 1.82) is 0 Å². The summed E-state index contributed by atoms with van der Waals surface area (Å²) in [6.07, 6.45) is 2.44. The van der Waals surface area contributed by atoms with Gasteiger partial charge in [-0.25, -0.2) is 4.68 Å². The third kappa shape index (κ3) is 2.23. The molecule has 1 aromatic heterocycles. The van der Waals surface area contributed by atoms with Crippen LogP contribution in [-0.2, 0) is 0 Å². The van der Waals surface area contributed by atoms with Crippen LogP contribution in [-0.4, -0.2) is 45.8 Å². The van der Waals surface area contributed by atoms with Gasteiger partial charge in [-0.1, -0.05) is 19.1 Å². The lowest BCUT2D eigenvalue weighted by atomic mass is 10.1. The van der Waals surface area contributed by atoms with Gasteiger partial charge in [-0.15, -0.1) is 5.10 Å². The van der Waals surface area contributed by atoms with Gasteiger partial charge in [0.2, 0.25) is 0 Å². The summed E-state index contributed by atoms with van der Waals surface area (Å²) >= 11 is 0. The number of carbonyl (C=O) groups excluding carboxylic acids is 1. The van der Waals surface area contributed by atoms with E-state index in [0.29, 0.717) is 17.7 Å². The Hall–Kier alpha value is -1.23. The summed E-state index contributed by atoms with van der Waals surface area (Å²) in [6, 6.07) is 0.393. The van der Waals surface area contributed by atoms with E-state index in [-0.39, 0.29) is 0 Å². The fourth-order valence-corrected chi connectivity index (χ4v) is 1.90. The Bertz CT molecular complexity index is 341. The smallest absolute Gasteiger partial charge is 0.171 e. The Morgan fingerprint density at radius 1 is 1.60 bits per heavy atom. The van der Waals surface area contributed by atoms with Gasteiger partial charge in [0.05, 0.1) is 12.2 Å². The minimum absolute atomic E-state index is 0.393. The fraction of sp³-hybridized carbons (Fsp3) is 0.700. The number of rotatable bonds is 4. The Kier molecular flexibility index (Phi) is 2.81. The maximum absolute atomic E-state index is 10.4. The van der Waals surface area contributed by atoms with Crippen LogP contribution in [0.5, 0.6) is 0 Å². The predicted octanol–water partition coefficient (Wildman–Crippen LogP) is 0.603. The molecule has 0 bridgehead atoms. The standard InChI is InChI=1S/C10H16N4O/c1-8(2)3-13-5-10(6-13)14-4-9(7-15)11-12-14/h4,7-8,10H,3,5-6H2,1-2H3. The third-order valence-electron chi connectivity index (χ3n) is 2.58. The molecular weight excluding hydrogens is 192 g/mol. The van der Waals surface area contributed by atoms with Crippen molar-refractivity contribution in [2.24, 2.45) is 5.92 Å². The van der Waals surface area contributed by atoms with E-state index in [9.17, 15) is 4.79 Å². The van der Waals surface area contributed by atoms with E-state index in [2.05, 4.69) is 29.1 Å². The molecule has 1 saturated heterocycles. The second kappa shape index (κ2) is 4.10. The van der Waals surface area contributed by atoms with E-state index in [1.54, 1.807) is 10.9 Å². The number of likely N-dealkylation sites (tertiary alicyclic amines) is 1. The van der Waals surface area contributed by atoms with Gasteiger partial charge in [0.1, 0.15) is 5.69 Å². The largest absolute Gasteiger partial charge is 0.299 e. The Balaban J connectivity index is 1.86. The summed E-state index contributed by atoms with van der Waals surface area (Å²) in [7, 11) is 0. The second-order valence-electron chi connectivity index (χ2n) is 4.51. The van der Waals surface area contributed by atoms with Gasteiger partial charge in [-0.05, 0) is 5.92 Å². The van der Waals surface area contributed by atoms with Gasteiger partial charge in [-0.3, -0.25) is 9.69 Å². The lowest BCUT2D eigenvalue weighted by Crippen LogP contribution is -2.49. The van der Waals surface area contributed by atoms with Gasteiger partial charge in [-0.2, -0.15) is 0 Å². The summed E-state index contributed by atoms with van der Waals surface area (Å²) < 4.78 is 1.79. The molecule has 0 aliphatic carbocycles. The van der Waals surface area contributed by atoms with E-state index >= 15 is 0 Å². The molecule has 0 N–H and O–H groups in total. The van der Waals surface area contributed by atoms with Crippen molar-refractivity contribution in [2.75, 3.05) is 19.6 Å². The van der Waals surface area contributed by atoms with Crippen LogP contribution in [0.1, 0.15) is 30.4 Å². The molecule has 82 valence electrons. The molecule has 2 rings (SSSR count). The number of hydrogen-bond donors (Lipinski definition) is 0. The summed E-state index contributed by atoms with van der Waals surface area (Å²) in [6.45, 7) is 7.59. The number of aromatic nitrogens is 3. The zero-order valence-electron chi connectivity index (χ0n) is 9.13. The van der Waals surface area contributed by atoms with Crippen molar-refractivity contribution < 1.29 is 4.79 Å². The first kappa shape index (κ1) is 10.3. The van der Waals surface area contributed by atoms with Crippen LogP contribution in [0.4, 0.5) is 0 Å². The average Bonchev–Trinajstić information content (AvgIpc) is 2.58. The highest BCUT2D eigenvalue weighted by Crippen LogP contribution is 2.20. The number of aldehydes is 1. The van der Waals surface area contributed by atoms with Crippen molar-refractivity contribution >= 4 is 6.29 Å². The van der Waals surface area contributed by atoms with E-state index < -0.39 is 0 Å². The molecule has 0 spiro atoms. The van der Waals surface area contributed by atoms with Crippen molar-refractivity contribution in [1.82, 2.24) is 19.9 Å². The topological polar surface area (TPSA) is 51.0 Å². The molecule has 1 aliphatic rings. The molecule has 0 atom stereocenters. The van der Waals surface area contributed by atoms with Crippen LogP contribution in [0.25, 0.3) is 0 Å². The van der Waals surface area contributed by atoms with Gasteiger partial charge in [0.25, 0.3) is 0 Å². The third-order valence-corrected chi connectivity index (χ3v) is 2.58. The van der Waals surface area contributed by atoms with E-state index in [0.717, 1.165) is 25.9 Å². The molecular formula is C10H16N4O. The van der Waals surface area contributed by atoms with Crippen LogP contribution in [0.3, 0.4) is 0 Å². The average molecular weight is 208 g/mol. The molecule has 1 aromatic rings. The van der Waals surface area contributed by atoms with Crippen LogP contribution >= 0.6 is 0 Å². The minimum Gasteiger partial charge on any atom is -0.299 e. The summed E-state index contributed by atoms with van der Waals surface area (Å²) in [5.74, 6) is 0.701. The minimum atomic E-state index is 0.393. The molecule has 1 fully saturated rings. The zero-order valence-corrected chi connectivity index (χ0v) is 9.13. The van der Waals surface area contributed by atoms with E-state index in [4.69, 9.17) is 0 Å². The summed E-state index contributed by atoms with van der Waals surface area (Å²) in [4.78, 5) is 12.8. The first-order valence-corrected chi connectivity index (χ1v) is 5.28. The van der Waals surface area contributed by atoms with Crippen molar-refractivity contribution in [3.63, 3.8) is 0 Å². The van der Waals surface area contributed by atoms with Gasteiger partial charge < -0.3 is 0 Å². The first-order valence-electron chi connectivity index (χ1n) is 5.28. The van der Waals surface area contributed by atoms with Crippen LogP contribution in [0, 0.1) is 5.92 Å². The fourth-order valence-electron chi connectivity index (χ4n) is 1.90. The highest BCUT2D eigenvalue weighted by atomic mass is 16.1. The molecule has 1 aliphatic heterocycles. The van der Waals surface area contributed by atoms with Crippen LogP contribution in [0.15, 0.2) is 6.20 Å². The number of carbonyl (C=O) groups is 1. The maximum Gasteiger partial charge on any atom is 0.171 e. The second-order valence-corrected chi connectivity index (χ2v) is 4.51. The summed E-state index contributed by atoms with van der Waals surface area (Å²) in [5, 5.41) is 7.68. The van der Waals surface area contributed by atoms with Crippen LogP contribution < -0.4 is 0 Å². The van der Waals surface area contributed by atoms with E-state index in [1.807, 2.05) is 0 Å². The number of hydrogen-bond acceptors (Lipinski definition) is 4. The maximum atomic E-state index is 10.4. The molecule has 0 amide bonds. The van der Waals surface area contributed by atoms with E-state index in [1.165, 1.54) is 0 Å². The zero-order chi connectivity index (χ0) is 10.8. The normalized spacial score (nSPS) is 18.1. The molecule has 0 saturated carbocycles. The lowest BCUT2D eigenvalue weighted by molar-refractivity contribution is 0.0847. The Morgan fingerprint density at radius 3 is 2.87 bits per heavy atom. The Morgan fingerprint density at radius 2 is 2.33 bits per heavy atom. The Labute approximate surface area is 89.1 Å². The first-order chi connectivity index (χ1) is 7.19. The summed E-state index contributed by atoms with van der Waals surface area (Å²) in [5.41, 5.74) is 0.414. The molecule has 0 radical (unpaired) electrons. The SMILES string of the molecule is CC(C)CN1CC(n2cc(C=O)nn2)C1. The molecule has 2 heterocycles. The molecule has 15 heavy (non-hydrogen) atoms. The highest BCUT2D eigenvalue weighted by Gasteiger charge is 2.29. The van der Waals surface area contributed by atoms with Gasteiger partial charge in [0.15, 0.2) is 6.29 Å². The predicted molar refractivity (Wildman–Crippen MR) is 55.7 cm³/mol. The molecule has 0 aromatic carbocycles. The highest BCUT2D eigenvalue weighted by molar-refractivity contribution is 5.70. The molecule has 0 unspecified atom stereocenters. The van der Waals surface area contributed by atoms with Crippen molar-refractivity contribution in [2.45, 2.75) is 19.9 Å². The van der Waals surface area contributed by atoms with Crippen molar-refractivity contribution in [3.05, 3.63) is 11.9 Å². The van der Waals surface area contributed by atoms with Crippen molar-refractivity contribution in [3.8, 4) is 0 Å². The molecule has 5 heteroatoms.